The van der Waals surface area contributed by atoms with Gasteiger partial charge in [0, 0.05) is 0 Å². The van der Waals surface area contributed by atoms with Gasteiger partial charge in [-0.3, -0.25) is 0 Å². The van der Waals surface area contributed by atoms with Crippen molar-refractivity contribution in [2.75, 3.05) is 0 Å². The first kappa shape index (κ1) is 11.7. The van der Waals surface area contributed by atoms with Gasteiger partial charge >= 0.3 is 0 Å². The Labute approximate surface area is 100 Å². The largest absolute Gasteiger partial charge is 0.0622 e. The van der Waals surface area contributed by atoms with E-state index in [0.29, 0.717) is 5.41 Å². The third kappa shape index (κ3) is 2.66. The predicted octanol–water partition coefficient (Wildman–Crippen LogP) is 4.69. The zero-order valence-corrected chi connectivity index (χ0v) is 10.9. The van der Waals surface area contributed by atoms with Crippen molar-refractivity contribution in [3.05, 3.63) is 35.9 Å². The van der Waals surface area contributed by atoms with Crippen molar-refractivity contribution < 1.29 is 0 Å². The van der Waals surface area contributed by atoms with Gasteiger partial charge in [0.1, 0.15) is 0 Å². The third-order valence-corrected chi connectivity index (χ3v) is 4.11. The Hall–Kier alpha value is -0.780. The summed E-state index contributed by atoms with van der Waals surface area (Å²) >= 11 is 0. The summed E-state index contributed by atoms with van der Waals surface area (Å²) in [6.07, 6.45) is 5.57. The molecular weight excluding hydrogens is 192 g/mol. The fourth-order valence-electron chi connectivity index (χ4n) is 3.34. The highest BCUT2D eigenvalue weighted by atomic mass is 14.4. The van der Waals surface area contributed by atoms with Crippen molar-refractivity contribution in [3.63, 3.8) is 0 Å². The molecule has 0 nitrogen and oxygen atoms in total. The fourth-order valence-corrected chi connectivity index (χ4v) is 3.34. The van der Waals surface area contributed by atoms with Gasteiger partial charge in [0.05, 0.1) is 0 Å². The molecule has 0 N–H and O–H groups in total. The quantitative estimate of drug-likeness (QED) is 0.672. The minimum Gasteiger partial charge on any atom is -0.0622 e. The summed E-state index contributed by atoms with van der Waals surface area (Å²) in [5, 5.41) is 0. The van der Waals surface area contributed by atoms with E-state index in [2.05, 4.69) is 51.1 Å². The van der Waals surface area contributed by atoms with Crippen LogP contribution in [0.15, 0.2) is 30.3 Å². The summed E-state index contributed by atoms with van der Waals surface area (Å²) in [6, 6.07) is 11.0. The Kier molecular flexibility index (Phi) is 3.37. The topological polar surface area (TPSA) is 0 Å². The van der Waals surface area contributed by atoms with Crippen molar-refractivity contribution in [1.29, 1.82) is 0 Å². The Balaban J connectivity index is 2.05. The van der Waals surface area contributed by atoms with Crippen molar-refractivity contribution in [1.82, 2.24) is 0 Å². The van der Waals surface area contributed by atoms with Gasteiger partial charge in [0.2, 0.25) is 0 Å². The lowest BCUT2D eigenvalue weighted by Gasteiger charge is -2.32. The Morgan fingerprint density at radius 2 is 1.75 bits per heavy atom. The normalized spacial score (nSPS) is 25.9. The van der Waals surface area contributed by atoms with Crippen molar-refractivity contribution in [2.45, 2.75) is 46.5 Å². The SMILES string of the molecule is CC(C)(C)[C@H]1CCC[C@H]1Cc1ccccc1. The number of rotatable bonds is 2. The second-order valence-corrected chi connectivity index (χ2v) is 6.35. The van der Waals surface area contributed by atoms with Gasteiger partial charge in [0.25, 0.3) is 0 Å². The van der Waals surface area contributed by atoms with E-state index < -0.39 is 0 Å². The molecule has 1 saturated carbocycles. The molecular formula is C16H24. The molecule has 0 aliphatic heterocycles. The highest BCUT2D eigenvalue weighted by molar-refractivity contribution is 5.15. The van der Waals surface area contributed by atoms with Gasteiger partial charge in [0.15, 0.2) is 0 Å². The van der Waals surface area contributed by atoms with Gasteiger partial charge in [-0.2, -0.15) is 0 Å². The van der Waals surface area contributed by atoms with Crippen LogP contribution in [0.2, 0.25) is 0 Å². The summed E-state index contributed by atoms with van der Waals surface area (Å²) in [4.78, 5) is 0. The van der Waals surface area contributed by atoms with E-state index in [0.717, 1.165) is 11.8 Å². The van der Waals surface area contributed by atoms with Crippen molar-refractivity contribution >= 4 is 0 Å². The molecule has 1 fully saturated rings. The summed E-state index contributed by atoms with van der Waals surface area (Å²) in [7, 11) is 0. The standard InChI is InChI=1S/C16H24/c1-16(2,3)15-11-7-10-14(15)12-13-8-5-4-6-9-13/h4-6,8-9,14-15H,7,10-12H2,1-3H3/t14-,15-/m0/s1. The van der Waals surface area contributed by atoms with Gasteiger partial charge in [-0.25, -0.2) is 0 Å². The van der Waals surface area contributed by atoms with E-state index in [4.69, 9.17) is 0 Å². The first-order valence-electron chi connectivity index (χ1n) is 6.61. The van der Waals surface area contributed by atoms with Crippen LogP contribution in [0.25, 0.3) is 0 Å². The monoisotopic (exact) mass is 216 g/mol. The molecule has 0 heteroatoms. The van der Waals surface area contributed by atoms with Gasteiger partial charge < -0.3 is 0 Å². The number of hydrogen-bond donors (Lipinski definition) is 0. The molecule has 0 spiro atoms. The zero-order chi connectivity index (χ0) is 11.6. The smallest absolute Gasteiger partial charge is 0.0248 e. The highest BCUT2D eigenvalue weighted by Gasteiger charge is 2.35. The van der Waals surface area contributed by atoms with Crippen LogP contribution in [0.3, 0.4) is 0 Å². The maximum Gasteiger partial charge on any atom is -0.0248 e. The van der Waals surface area contributed by atoms with Gasteiger partial charge in [-0.1, -0.05) is 57.5 Å². The zero-order valence-electron chi connectivity index (χ0n) is 10.9. The lowest BCUT2D eigenvalue weighted by atomic mass is 9.73. The van der Waals surface area contributed by atoms with Gasteiger partial charge in [-0.15, -0.1) is 0 Å². The van der Waals surface area contributed by atoms with E-state index in [9.17, 15) is 0 Å². The fraction of sp³-hybridized carbons (Fsp3) is 0.625. The first-order chi connectivity index (χ1) is 7.57. The third-order valence-electron chi connectivity index (χ3n) is 4.11. The molecule has 1 aromatic rings. The maximum absolute atomic E-state index is 2.40. The molecule has 0 bridgehead atoms. The molecule has 1 aliphatic carbocycles. The summed E-state index contributed by atoms with van der Waals surface area (Å²) < 4.78 is 0. The summed E-state index contributed by atoms with van der Waals surface area (Å²) in [5.74, 6) is 1.81. The average Bonchev–Trinajstić information content (AvgIpc) is 2.67. The second kappa shape index (κ2) is 4.61. The Morgan fingerprint density at radius 3 is 2.38 bits per heavy atom. The lowest BCUT2D eigenvalue weighted by molar-refractivity contribution is 0.185. The Bertz CT molecular complexity index is 318. The van der Waals surface area contributed by atoms with Crippen molar-refractivity contribution in [2.24, 2.45) is 17.3 Å². The van der Waals surface area contributed by atoms with Crippen LogP contribution in [0.5, 0.6) is 0 Å². The molecule has 1 aliphatic rings. The molecule has 0 radical (unpaired) electrons. The van der Waals surface area contributed by atoms with Crippen LogP contribution in [0, 0.1) is 17.3 Å². The maximum atomic E-state index is 2.40. The minimum atomic E-state index is 0.482. The highest BCUT2D eigenvalue weighted by Crippen LogP contribution is 2.44. The van der Waals surface area contributed by atoms with E-state index in [1.807, 2.05) is 0 Å². The van der Waals surface area contributed by atoms with Crippen LogP contribution < -0.4 is 0 Å². The molecule has 0 heterocycles. The Morgan fingerprint density at radius 1 is 1.06 bits per heavy atom. The molecule has 0 aromatic heterocycles. The molecule has 1 aromatic carbocycles. The molecule has 16 heavy (non-hydrogen) atoms. The van der Waals surface area contributed by atoms with Crippen LogP contribution >= 0.6 is 0 Å². The first-order valence-corrected chi connectivity index (χ1v) is 6.61. The summed E-state index contributed by atoms with van der Waals surface area (Å²) in [5.41, 5.74) is 2.00. The lowest BCUT2D eigenvalue weighted by Crippen LogP contribution is -2.25. The van der Waals surface area contributed by atoms with Crippen LogP contribution in [-0.4, -0.2) is 0 Å². The molecule has 2 rings (SSSR count). The van der Waals surface area contributed by atoms with E-state index in [1.54, 1.807) is 0 Å². The van der Waals surface area contributed by atoms with Crippen LogP contribution in [0.1, 0.15) is 45.6 Å². The summed E-state index contributed by atoms with van der Waals surface area (Å²) in [6.45, 7) is 7.21. The number of benzene rings is 1. The molecule has 88 valence electrons. The van der Waals surface area contributed by atoms with Crippen molar-refractivity contribution in [3.8, 4) is 0 Å². The molecule has 0 amide bonds. The molecule has 2 atom stereocenters. The molecule has 0 saturated heterocycles. The second-order valence-electron chi connectivity index (χ2n) is 6.35. The molecule has 0 unspecified atom stereocenters. The number of hydrogen-bond acceptors (Lipinski definition) is 0. The predicted molar refractivity (Wildman–Crippen MR) is 70.4 cm³/mol. The van der Waals surface area contributed by atoms with E-state index in [-0.39, 0.29) is 0 Å². The van der Waals surface area contributed by atoms with Crippen LogP contribution in [-0.2, 0) is 6.42 Å². The van der Waals surface area contributed by atoms with Crippen LogP contribution in [0.4, 0.5) is 0 Å². The minimum absolute atomic E-state index is 0.482. The van der Waals surface area contributed by atoms with E-state index >= 15 is 0 Å². The van der Waals surface area contributed by atoms with Gasteiger partial charge in [-0.05, 0) is 42.1 Å². The average molecular weight is 216 g/mol. The van der Waals surface area contributed by atoms with E-state index in [1.165, 1.54) is 31.2 Å².